The van der Waals surface area contributed by atoms with E-state index in [1.807, 2.05) is 43.3 Å². The average Bonchev–Trinajstić information content (AvgIpc) is 3.53. The number of rotatable bonds is 10. The van der Waals surface area contributed by atoms with Crippen LogP contribution in [0.1, 0.15) is 63.8 Å². The summed E-state index contributed by atoms with van der Waals surface area (Å²) in [4.78, 5) is 13.1. The smallest absolute Gasteiger partial charge is 0.264 e. The van der Waals surface area contributed by atoms with Gasteiger partial charge >= 0.3 is 5.69 Å². The van der Waals surface area contributed by atoms with Crippen molar-refractivity contribution in [2.45, 2.75) is 65.5 Å². The first-order chi connectivity index (χ1) is 17.2. The first-order valence-electron chi connectivity index (χ1n) is 12.3. The number of aromatic amines is 1. The quantitative estimate of drug-likeness (QED) is 0.269. The summed E-state index contributed by atoms with van der Waals surface area (Å²) in [5.74, 6) is 7.21. The molecule has 8 nitrogen and oxygen atoms in total. The molecule has 0 aliphatic rings. The molecule has 35 heavy (non-hydrogen) atoms. The Morgan fingerprint density at radius 1 is 0.943 bits per heavy atom. The summed E-state index contributed by atoms with van der Waals surface area (Å²) in [6.07, 6.45) is 6.39. The molecule has 0 amide bonds. The molecule has 0 bridgehead atoms. The molecule has 0 saturated carbocycles. The maximum absolute atomic E-state index is 13.1. The zero-order valence-electron chi connectivity index (χ0n) is 20.4. The topological polar surface area (TPSA) is 94.3 Å². The molecule has 180 valence electrons. The van der Waals surface area contributed by atoms with Crippen LogP contribution in [0.25, 0.3) is 22.5 Å². The SMILES string of the molecule is CCC#Cc1nn(CCCCCCC)c(=O)n1Cc1ccc(-c2ccccc2-c2nn[nH]n2)cc1. The molecular formula is C27H31N7O. The van der Waals surface area contributed by atoms with Crippen LogP contribution in [-0.4, -0.2) is 35.0 Å². The lowest BCUT2D eigenvalue weighted by Gasteiger charge is -2.08. The van der Waals surface area contributed by atoms with Crippen molar-refractivity contribution in [2.75, 3.05) is 0 Å². The molecule has 0 spiro atoms. The highest BCUT2D eigenvalue weighted by Crippen LogP contribution is 2.29. The Kier molecular flexibility index (Phi) is 8.23. The van der Waals surface area contributed by atoms with Crippen molar-refractivity contribution < 1.29 is 0 Å². The monoisotopic (exact) mass is 469 g/mol. The van der Waals surface area contributed by atoms with E-state index >= 15 is 0 Å². The first kappa shape index (κ1) is 24.1. The van der Waals surface area contributed by atoms with Crippen LogP contribution in [0.5, 0.6) is 0 Å². The summed E-state index contributed by atoms with van der Waals surface area (Å²) in [6, 6.07) is 16.1. The molecular weight excluding hydrogens is 438 g/mol. The predicted octanol–water partition coefficient (Wildman–Crippen LogP) is 4.67. The van der Waals surface area contributed by atoms with Crippen LogP contribution in [0.3, 0.4) is 0 Å². The normalized spacial score (nSPS) is 10.8. The maximum atomic E-state index is 13.1. The highest BCUT2D eigenvalue weighted by atomic mass is 16.2. The van der Waals surface area contributed by atoms with Crippen LogP contribution < -0.4 is 5.69 Å². The minimum Gasteiger partial charge on any atom is -0.264 e. The molecule has 0 atom stereocenters. The maximum Gasteiger partial charge on any atom is 0.347 e. The van der Waals surface area contributed by atoms with Gasteiger partial charge in [-0.15, -0.1) is 15.3 Å². The molecule has 1 N–H and O–H groups in total. The summed E-state index contributed by atoms with van der Waals surface area (Å²) in [5.41, 5.74) is 3.86. The fourth-order valence-electron chi connectivity index (χ4n) is 4.03. The third-order valence-electron chi connectivity index (χ3n) is 5.89. The second kappa shape index (κ2) is 11.9. The van der Waals surface area contributed by atoms with Gasteiger partial charge in [-0.05, 0) is 34.2 Å². The van der Waals surface area contributed by atoms with Gasteiger partial charge in [-0.1, -0.05) is 94.0 Å². The van der Waals surface area contributed by atoms with Crippen LogP contribution in [0.15, 0.2) is 53.3 Å². The van der Waals surface area contributed by atoms with Crippen LogP contribution in [0.4, 0.5) is 0 Å². The summed E-state index contributed by atoms with van der Waals surface area (Å²) in [6.45, 7) is 5.24. The number of unbranched alkanes of at least 4 members (excludes halogenated alkanes) is 4. The lowest BCUT2D eigenvalue weighted by atomic mass is 9.98. The van der Waals surface area contributed by atoms with Crippen molar-refractivity contribution in [3.63, 3.8) is 0 Å². The number of aryl methyl sites for hydroxylation is 1. The minimum absolute atomic E-state index is 0.104. The number of hydrogen-bond acceptors (Lipinski definition) is 5. The Bertz CT molecular complexity index is 1340. The van der Waals surface area contributed by atoms with Crippen molar-refractivity contribution in [2.24, 2.45) is 0 Å². The summed E-state index contributed by atoms with van der Waals surface area (Å²) < 4.78 is 3.25. The van der Waals surface area contributed by atoms with Gasteiger partial charge in [-0.3, -0.25) is 4.57 Å². The molecule has 0 fully saturated rings. The van der Waals surface area contributed by atoms with Gasteiger partial charge in [0.15, 0.2) is 0 Å². The fraction of sp³-hybridized carbons (Fsp3) is 0.370. The number of nitrogens with one attached hydrogen (secondary N) is 1. The molecule has 2 aromatic heterocycles. The van der Waals surface area contributed by atoms with Crippen molar-refractivity contribution in [3.8, 4) is 34.4 Å². The average molecular weight is 470 g/mol. The Morgan fingerprint density at radius 2 is 1.71 bits per heavy atom. The van der Waals surface area contributed by atoms with Crippen molar-refractivity contribution in [3.05, 3.63) is 70.4 Å². The molecule has 0 unspecified atom stereocenters. The Balaban J connectivity index is 1.55. The molecule has 2 aromatic carbocycles. The summed E-state index contributed by atoms with van der Waals surface area (Å²) in [7, 11) is 0. The van der Waals surface area contributed by atoms with Crippen molar-refractivity contribution >= 4 is 0 Å². The zero-order chi connectivity index (χ0) is 24.5. The number of benzene rings is 2. The lowest BCUT2D eigenvalue weighted by molar-refractivity contribution is 0.515. The van der Waals surface area contributed by atoms with Crippen molar-refractivity contribution in [1.82, 2.24) is 35.0 Å². The standard InChI is InChI=1S/C27H31N7O/c1-3-5-7-8-11-19-34-27(35)33(25(30-34)14-6-4-2)20-21-15-17-22(18-16-21)23-12-9-10-13-24(23)26-28-31-32-29-26/h9-10,12-13,15-18H,3-5,7-8,11,19-20H2,1-2H3,(H,28,29,31,32). The van der Waals surface area contributed by atoms with Crippen LogP contribution in [0.2, 0.25) is 0 Å². The van der Waals surface area contributed by atoms with E-state index in [0.29, 0.717) is 31.2 Å². The van der Waals surface area contributed by atoms with Gasteiger partial charge in [0.05, 0.1) is 6.54 Å². The Labute approximate surface area is 205 Å². The minimum atomic E-state index is -0.104. The molecule has 0 aliphatic carbocycles. The number of nitrogens with zero attached hydrogens (tertiary/aromatic N) is 6. The Hall–Kier alpha value is -3.99. The van der Waals surface area contributed by atoms with Crippen LogP contribution >= 0.6 is 0 Å². The third kappa shape index (κ3) is 5.93. The molecule has 0 saturated heterocycles. The van der Waals surface area contributed by atoms with Crippen molar-refractivity contribution in [1.29, 1.82) is 0 Å². The van der Waals surface area contributed by atoms with E-state index in [9.17, 15) is 4.79 Å². The molecule has 0 radical (unpaired) electrons. The van der Waals surface area contributed by atoms with Gasteiger partial charge in [-0.2, -0.15) is 5.21 Å². The first-order valence-corrected chi connectivity index (χ1v) is 12.3. The molecule has 4 rings (SSSR count). The number of tetrazole rings is 1. The van der Waals surface area contributed by atoms with Crippen LogP contribution in [-0.2, 0) is 13.1 Å². The molecule has 8 heteroatoms. The van der Waals surface area contributed by atoms with E-state index in [0.717, 1.165) is 35.1 Å². The molecule has 4 aromatic rings. The van der Waals surface area contributed by atoms with E-state index in [-0.39, 0.29) is 5.69 Å². The zero-order valence-corrected chi connectivity index (χ0v) is 20.4. The summed E-state index contributed by atoms with van der Waals surface area (Å²) in [5, 5.41) is 19.0. The van der Waals surface area contributed by atoms with E-state index in [1.54, 1.807) is 9.25 Å². The van der Waals surface area contributed by atoms with E-state index < -0.39 is 0 Å². The number of aromatic nitrogens is 7. The predicted molar refractivity (Wildman–Crippen MR) is 137 cm³/mol. The highest BCUT2D eigenvalue weighted by Gasteiger charge is 2.14. The van der Waals surface area contributed by atoms with Crippen LogP contribution in [0, 0.1) is 11.8 Å². The van der Waals surface area contributed by atoms with Gasteiger partial charge < -0.3 is 0 Å². The van der Waals surface area contributed by atoms with E-state index in [4.69, 9.17) is 0 Å². The fourth-order valence-corrected chi connectivity index (χ4v) is 4.03. The number of hydrogen-bond donors (Lipinski definition) is 1. The van der Waals surface area contributed by atoms with E-state index in [1.165, 1.54) is 19.3 Å². The van der Waals surface area contributed by atoms with E-state index in [2.05, 4.69) is 56.6 Å². The lowest BCUT2D eigenvalue weighted by Crippen LogP contribution is -2.26. The molecule has 2 heterocycles. The van der Waals surface area contributed by atoms with Gasteiger partial charge in [0.1, 0.15) is 0 Å². The largest absolute Gasteiger partial charge is 0.347 e. The second-order valence-electron chi connectivity index (χ2n) is 8.46. The second-order valence-corrected chi connectivity index (χ2v) is 8.46. The van der Waals surface area contributed by atoms with Gasteiger partial charge in [-0.25, -0.2) is 9.48 Å². The molecule has 0 aliphatic heterocycles. The third-order valence-corrected chi connectivity index (χ3v) is 5.89. The number of H-pyrrole nitrogens is 1. The highest BCUT2D eigenvalue weighted by molar-refractivity contribution is 5.80. The van der Waals surface area contributed by atoms with Gasteiger partial charge in [0.25, 0.3) is 0 Å². The van der Waals surface area contributed by atoms with Gasteiger partial charge in [0, 0.05) is 18.5 Å². The Morgan fingerprint density at radius 3 is 2.43 bits per heavy atom. The van der Waals surface area contributed by atoms with Gasteiger partial charge in [0.2, 0.25) is 11.6 Å². The summed E-state index contributed by atoms with van der Waals surface area (Å²) >= 11 is 0.